The Balaban J connectivity index is 1.76. The van der Waals surface area contributed by atoms with E-state index < -0.39 is 29.3 Å². The summed E-state index contributed by atoms with van der Waals surface area (Å²) >= 11 is 1.94. The minimum Gasteiger partial charge on any atom is -0.462 e. The fraction of sp³-hybridized carbons (Fsp3) is 0.474. The lowest BCUT2D eigenvalue weighted by atomic mass is 10.0. The number of carbonyl (C=O) groups is 2. The van der Waals surface area contributed by atoms with Crippen molar-refractivity contribution in [1.29, 1.82) is 0 Å². The lowest BCUT2D eigenvalue weighted by Gasteiger charge is -2.25. The summed E-state index contributed by atoms with van der Waals surface area (Å²) < 4.78 is 43.7. The number of aromatic amines is 1. The standard InChI is InChI=1S/C19H21F3N4O4S2/c1-3-26-6-5-10-11(8-26)32-16(15(10)17(29)30-4-2)24-14(28)9-31-18-23-12(19(20,21)22)7-13(27)25-18/h7H,3-6,8-9H2,1-2H3,(H,24,28)(H,23,25,27). The summed E-state index contributed by atoms with van der Waals surface area (Å²) in [5, 5.41) is 2.69. The van der Waals surface area contributed by atoms with Gasteiger partial charge >= 0.3 is 12.1 Å². The number of esters is 1. The maximum absolute atomic E-state index is 12.8. The summed E-state index contributed by atoms with van der Waals surface area (Å²) in [5.41, 5.74) is -1.12. The number of aromatic nitrogens is 2. The van der Waals surface area contributed by atoms with Gasteiger partial charge in [0, 0.05) is 24.0 Å². The van der Waals surface area contributed by atoms with Gasteiger partial charge in [-0.05, 0) is 25.5 Å². The second-order valence-corrected chi connectivity index (χ2v) is 8.89. The Bertz CT molecular complexity index is 1070. The number of amides is 1. The van der Waals surface area contributed by atoms with Crippen LogP contribution in [0.25, 0.3) is 0 Å². The van der Waals surface area contributed by atoms with Gasteiger partial charge < -0.3 is 15.0 Å². The molecule has 0 aliphatic carbocycles. The van der Waals surface area contributed by atoms with E-state index in [1.54, 1.807) is 6.92 Å². The highest BCUT2D eigenvalue weighted by Gasteiger charge is 2.33. The maximum atomic E-state index is 12.8. The molecule has 0 saturated carbocycles. The molecule has 0 fully saturated rings. The zero-order valence-corrected chi connectivity index (χ0v) is 18.9. The fourth-order valence-electron chi connectivity index (χ4n) is 3.18. The minimum absolute atomic E-state index is 0.183. The van der Waals surface area contributed by atoms with Crippen LogP contribution in [-0.4, -0.2) is 52.2 Å². The number of H-pyrrole nitrogens is 1. The Morgan fingerprint density at radius 1 is 1.38 bits per heavy atom. The monoisotopic (exact) mass is 490 g/mol. The number of fused-ring (bicyclic) bond motifs is 1. The number of thioether (sulfide) groups is 1. The molecule has 1 aliphatic rings. The van der Waals surface area contributed by atoms with Crippen LogP contribution in [0.3, 0.4) is 0 Å². The lowest BCUT2D eigenvalue weighted by Crippen LogP contribution is -2.30. The van der Waals surface area contributed by atoms with E-state index >= 15 is 0 Å². The van der Waals surface area contributed by atoms with Gasteiger partial charge in [-0.25, -0.2) is 9.78 Å². The molecular weight excluding hydrogens is 469 g/mol. The number of nitrogens with zero attached hydrogens (tertiary/aromatic N) is 2. The Kier molecular flexibility index (Phi) is 7.62. The van der Waals surface area contributed by atoms with E-state index in [1.165, 1.54) is 11.3 Å². The summed E-state index contributed by atoms with van der Waals surface area (Å²) in [7, 11) is 0. The first-order valence-electron chi connectivity index (χ1n) is 9.77. The number of halogens is 3. The van der Waals surface area contributed by atoms with Crippen LogP contribution in [0.5, 0.6) is 0 Å². The molecule has 174 valence electrons. The Hall–Kier alpha value is -2.38. The van der Waals surface area contributed by atoms with E-state index in [1.807, 2.05) is 6.92 Å². The van der Waals surface area contributed by atoms with Crippen molar-refractivity contribution in [2.45, 2.75) is 38.1 Å². The van der Waals surface area contributed by atoms with Gasteiger partial charge in [-0.2, -0.15) is 13.2 Å². The van der Waals surface area contributed by atoms with Gasteiger partial charge in [0.1, 0.15) is 5.00 Å². The van der Waals surface area contributed by atoms with E-state index in [2.05, 4.69) is 20.2 Å². The van der Waals surface area contributed by atoms with Crippen LogP contribution in [-0.2, 0) is 28.7 Å². The molecule has 0 bridgehead atoms. The van der Waals surface area contributed by atoms with Crippen molar-refractivity contribution in [2.24, 2.45) is 0 Å². The Morgan fingerprint density at radius 2 is 2.12 bits per heavy atom. The summed E-state index contributed by atoms with van der Waals surface area (Å²) in [4.78, 5) is 45.2. The number of thiophene rings is 1. The highest BCUT2D eigenvalue weighted by molar-refractivity contribution is 7.99. The van der Waals surface area contributed by atoms with Crippen LogP contribution >= 0.6 is 23.1 Å². The lowest BCUT2D eigenvalue weighted by molar-refractivity contribution is -0.141. The number of anilines is 1. The summed E-state index contributed by atoms with van der Waals surface area (Å²) in [6.07, 6.45) is -4.13. The molecule has 1 amide bonds. The Labute approximate surface area is 189 Å². The zero-order chi connectivity index (χ0) is 23.5. The van der Waals surface area contributed by atoms with Crippen molar-refractivity contribution in [3.05, 3.63) is 38.1 Å². The summed E-state index contributed by atoms with van der Waals surface area (Å²) in [6, 6.07) is 0.353. The molecule has 0 radical (unpaired) electrons. The third kappa shape index (κ3) is 5.70. The quantitative estimate of drug-likeness (QED) is 0.349. The molecule has 0 saturated heterocycles. The smallest absolute Gasteiger partial charge is 0.433 e. The molecule has 13 heteroatoms. The largest absolute Gasteiger partial charge is 0.462 e. The van der Waals surface area contributed by atoms with Gasteiger partial charge in [0.15, 0.2) is 10.9 Å². The SMILES string of the molecule is CCOC(=O)c1c(NC(=O)CSc2nc(C(F)(F)F)cc(=O)[nH]2)sc2c1CCN(CC)C2. The van der Waals surface area contributed by atoms with E-state index in [4.69, 9.17) is 4.74 Å². The van der Waals surface area contributed by atoms with Crippen molar-refractivity contribution in [2.75, 3.05) is 30.8 Å². The van der Waals surface area contributed by atoms with Gasteiger partial charge in [-0.15, -0.1) is 11.3 Å². The molecule has 0 unspecified atom stereocenters. The molecule has 0 spiro atoms. The molecule has 2 aromatic heterocycles. The van der Waals surface area contributed by atoms with Gasteiger partial charge in [-0.1, -0.05) is 18.7 Å². The van der Waals surface area contributed by atoms with Crippen molar-refractivity contribution >= 4 is 40.0 Å². The van der Waals surface area contributed by atoms with E-state index in [9.17, 15) is 27.6 Å². The third-order valence-corrected chi connectivity index (χ3v) is 6.67. The molecule has 1 aliphatic heterocycles. The second-order valence-electron chi connectivity index (χ2n) is 6.82. The number of hydrogen-bond acceptors (Lipinski definition) is 8. The topological polar surface area (TPSA) is 104 Å². The molecule has 0 aromatic carbocycles. The summed E-state index contributed by atoms with van der Waals surface area (Å²) in [6.45, 7) is 6.20. The predicted molar refractivity (Wildman–Crippen MR) is 114 cm³/mol. The van der Waals surface area contributed by atoms with E-state index in [0.717, 1.165) is 23.5 Å². The zero-order valence-electron chi connectivity index (χ0n) is 17.3. The van der Waals surface area contributed by atoms with Crippen molar-refractivity contribution in [3.8, 4) is 0 Å². The molecule has 32 heavy (non-hydrogen) atoms. The third-order valence-electron chi connectivity index (χ3n) is 4.67. The van der Waals surface area contributed by atoms with Crippen LogP contribution < -0.4 is 10.9 Å². The van der Waals surface area contributed by atoms with Gasteiger partial charge in [0.25, 0.3) is 5.56 Å². The van der Waals surface area contributed by atoms with Crippen LogP contribution in [0.15, 0.2) is 16.0 Å². The summed E-state index contributed by atoms with van der Waals surface area (Å²) in [5.74, 6) is -1.38. The molecule has 2 N–H and O–H groups in total. The molecule has 3 heterocycles. The molecular formula is C19H21F3N4O4S2. The number of hydrogen-bond donors (Lipinski definition) is 2. The number of nitrogens with one attached hydrogen (secondary N) is 2. The second kappa shape index (κ2) is 10.0. The average molecular weight is 491 g/mol. The minimum atomic E-state index is -4.78. The highest BCUT2D eigenvalue weighted by atomic mass is 32.2. The van der Waals surface area contributed by atoms with Crippen LogP contribution in [0.1, 0.15) is 40.3 Å². The first-order chi connectivity index (χ1) is 15.1. The maximum Gasteiger partial charge on any atom is 0.433 e. The number of likely N-dealkylation sites (N-methyl/N-ethyl adjacent to an activating group) is 1. The fourth-order valence-corrected chi connectivity index (χ4v) is 5.15. The van der Waals surface area contributed by atoms with Crippen molar-refractivity contribution in [1.82, 2.24) is 14.9 Å². The van der Waals surface area contributed by atoms with Crippen LogP contribution in [0.4, 0.5) is 18.2 Å². The van der Waals surface area contributed by atoms with Gasteiger partial charge in [0.2, 0.25) is 5.91 Å². The van der Waals surface area contributed by atoms with Crippen LogP contribution in [0.2, 0.25) is 0 Å². The molecule has 2 aromatic rings. The van der Waals surface area contributed by atoms with Gasteiger partial charge in [-0.3, -0.25) is 14.5 Å². The Morgan fingerprint density at radius 3 is 2.78 bits per heavy atom. The normalized spacial score (nSPS) is 14.2. The first kappa shape index (κ1) is 24.3. The van der Waals surface area contributed by atoms with E-state index in [0.29, 0.717) is 41.4 Å². The number of rotatable bonds is 7. The number of carbonyl (C=O) groups excluding carboxylic acids is 2. The first-order valence-corrected chi connectivity index (χ1v) is 11.6. The van der Waals surface area contributed by atoms with Crippen molar-refractivity contribution in [3.63, 3.8) is 0 Å². The van der Waals surface area contributed by atoms with Crippen LogP contribution in [0, 0.1) is 0 Å². The number of alkyl halides is 3. The predicted octanol–water partition coefficient (Wildman–Crippen LogP) is 3.14. The molecule has 0 atom stereocenters. The molecule has 8 nitrogen and oxygen atoms in total. The molecule has 3 rings (SSSR count). The van der Waals surface area contributed by atoms with Crippen molar-refractivity contribution < 1.29 is 27.5 Å². The van der Waals surface area contributed by atoms with E-state index in [-0.39, 0.29) is 17.5 Å². The number of ether oxygens (including phenoxy) is 1. The average Bonchev–Trinajstić information content (AvgIpc) is 3.08. The highest BCUT2D eigenvalue weighted by Crippen LogP contribution is 2.38. The van der Waals surface area contributed by atoms with Gasteiger partial charge in [0.05, 0.1) is 17.9 Å².